The van der Waals surface area contributed by atoms with Crippen LogP contribution in [-0.2, 0) is 11.2 Å². The van der Waals surface area contributed by atoms with E-state index < -0.39 is 6.10 Å². The summed E-state index contributed by atoms with van der Waals surface area (Å²) in [5.74, 6) is 0.913. The summed E-state index contributed by atoms with van der Waals surface area (Å²) < 4.78 is 5.54. The van der Waals surface area contributed by atoms with Gasteiger partial charge >= 0.3 is 0 Å². The molecular formula is C21H26N2O3. The molecule has 0 bridgehead atoms. The van der Waals surface area contributed by atoms with Crippen molar-refractivity contribution >= 4 is 5.91 Å². The summed E-state index contributed by atoms with van der Waals surface area (Å²) in [5, 5.41) is 12.4. The van der Waals surface area contributed by atoms with Crippen molar-refractivity contribution in [3.8, 4) is 5.75 Å². The van der Waals surface area contributed by atoms with E-state index in [1.54, 1.807) is 14.0 Å². The molecule has 2 aromatic carbocycles. The van der Waals surface area contributed by atoms with E-state index in [0.717, 1.165) is 23.3 Å². The smallest absolute Gasteiger partial charge is 0.237 e. The minimum absolute atomic E-state index is 0.0352. The fourth-order valence-corrected chi connectivity index (χ4v) is 3.58. The molecular weight excluding hydrogens is 328 g/mol. The van der Waals surface area contributed by atoms with Gasteiger partial charge in [-0.1, -0.05) is 42.5 Å². The van der Waals surface area contributed by atoms with E-state index in [9.17, 15) is 9.90 Å². The van der Waals surface area contributed by atoms with Gasteiger partial charge in [0.15, 0.2) is 0 Å². The van der Waals surface area contributed by atoms with Gasteiger partial charge in [-0.3, -0.25) is 4.79 Å². The Bertz CT molecular complexity index is 746. The van der Waals surface area contributed by atoms with Gasteiger partial charge in [0.1, 0.15) is 5.75 Å². The van der Waals surface area contributed by atoms with Crippen molar-refractivity contribution in [1.29, 1.82) is 0 Å². The molecule has 0 saturated carbocycles. The molecule has 1 heterocycles. The van der Waals surface area contributed by atoms with Crippen molar-refractivity contribution in [2.75, 3.05) is 26.7 Å². The zero-order valence-corrected chi connectivity index (χ0v) is 15.3. The Morgan fingerprint density at radius 1 is 1.27 bits per heavy atom. The minimum atomic E-state index is -0.473. The molecule has 5 heteroatoms. The van der Waals surface area contributed by atoms with Gasteiger partial charge in [-0.2, -0.15) is 0 Å². The van der Waals surface area contributed by atoms with Crippen LogP contribution in [0.15, 0.2) is 48.5 Å². The normalized spacial score (nSPS) is 17.5. The standard InChI is InChI=1S/C21H26N2O3/c1-15(24)13-22-14-20(25)23-12-11-17-18(9-6-10-19(17)26-2)21(23)16-7-4-3-5-8-16/h3-10,15,21-22,24H,11-14H2,1-2H3/t15-,21?/m1/s1. The second-order valence-corrected chi connectivity index (χ2v) is 6.66. The first-order valence-electron chi connectivity index (χ1n) is 9.00. The number of hydrogen-bond donors (Lipinski definition) is 2. The third-order valence-corrected chi connectivity index (χ3v) is 4.75. The van der Waals surface area contributed by atoms with Crippen molar-refractivity contribution in [3.05, 3.63) is 65.2 Å². The molecule has 1 unspecified atom stereocenters. The van der Waals surface area contributed by atoms with Gasteiger partial charge in [0, 0.05) is 18.7 Å². The second kappa shape index (κ2) is 8.34. The van der Waals surface area contributed by atoms with Crippen molar-refractivity contribution < 1.29 is 14.6 Å². The molecule has 0 saturated heterocycles. The first-order chi connectivity index (χ1) is 12.6. The number of hydrogen-bond acceptors (Lipinski definition) is 4. The van der Waals surface area contributed by atoms with Crippen molar-refractivity contribution in [1.82, 2.24) is 10.2 Å². The number of benzene rings is 2. The molecule has 138 valence electrons. The average Bonchev–Trinajstić information content (AvgIpc) is 2.66. The van der Waals surface area contributed by atoms with E-state index >= 15 is 0 Å². The van der Waals surface area contributed by atoms with Crippen LogP contribution in [0, 0.1) is 0 Å². The number of nitrogens with one attached hydrogen (secondary N) is 1. The first-order valence-corrected chi connectivity index (χ1v) is 9.00. The molecule has 0 fully saturated rings. The number of aliphatic hydroxyl groups is 1. The highest BCUT2D eigenvalue weighted by atomic mass is 16.5. The van der Waals surface area contributed by atoms with Crippen molar-refractivity contribution in [2.45, 2.75) is 25.5 Å². The molecule has 1 amide bonds. The van der Waals surface area contributed by atoms with Crippen molar-refractivity contribution in [2.24, 2.45) is 0 Å². The zero-order valence-electron chi connectivity index (χ0n) is 15.3. The maximum absolute atomic E-state index is 12.9. The van der Waals surface area contributed by atoms with Crippen LogP contribution in [0.25, 0.3) is 0 Å². The first kappa shape index (κ1) is 18.4. The van der Waals surface area contributed by atoms with E-state index in [1.807, 2.05) is 35.2 Å². The second-order valence-electron chi connectivity index (χ2n) is 6.66. The molecule has 1 aliphatic rings. The molecule has 2 atom stereocenters. The van der Waals surface area contributed by atoms with Crippen LogP contribution < -0.4 is 10.1 Å². The molecule has 1 aliphatic heterocycles. The van der Waals surface area contributed by atoms with Crippen LogP contribution in [-0.4, -0.2) is 48.8 Å². The molecule has 3 rings (SSSR count). The lowest BCUT2D eigenvalue weighted by Gasteiger charge is -2.38. The highest BCUT2D eigenvalue weighted by molar-refractivity contribution is 5.80. The summed E-state index contributed by atoms with van der Waals surface area (Å²) in [4.78, 5) is 14.8. The lowest BCUT2D eigenvalue weighted by molar-refractivity contribution is -0.132. The van der Waals surface area contributed by atoms with Gasteiger partial charge in [-0.25, -0.2) is 0 Å². The molecule has 0 aromatic heterocycles. The third-order valence-electron chi connectivity index (χ3n) is 4.75. The summed E-state index contributed by atoms with van der Waals surface area (Å²) in [6.45, 7) is 2.96. The number of ether oxygens (including phenoxy) is 1. The number of amides is 1. The molecule has 26 heavy (non-hydrogen) atoms. The number of methoxy groups -OCH3 is 1. The Morgan fingerprint density at radius 2 is 2.04 bits per heavy atom. The summed E-state index contributed by atoms with van der Waals surface area (Å²) in [7, 11) is 1.69. The molecule has 5 nitrogen and oxygen atoms in total. The molecule has 2 N–H and O–H groups in total. The van der Waals surface area contributed by atoms with Gasteiger partial charge in [0.2, 0.25) is 5.91 Å². The van der Waals surface area contributed by atoms with E-state index in [0.29, 0.717) is 13.1 Å². The SMILES string of the molecule is COc1cccc2c1CCN(C(=O)CNC[C@@H](C)O)C2c1ccccc1. The average molecular weight is 354 g/mol. The number of carbonyl (C=O) groups excluding carboxylic acids is 1. The van der Waals surface area contributed by atoms with Crippen LogP contribution in [0.1, 0.15) is 29.7 Å². The van der Waals surface area contributed by atoms with Crippen molar-refractivity contribution in [3.63, 3.8) is 0 Å². The maximum Gasteiger partial charge on any atom is 0.237 e. The summed E-state index contributed by atoms with van der Waals surface area (Å²) in [6, 6.07) is 16.0. The van der Waals surface area contributed by atoms with E-state index in [4.69, 9.17) is 4.74 Å². The lowest BCUT2D eigenvalue weighted by atomic mass is 9.87. The van der Waals surface area contributed by atoms with Gasteiger partial charge in [-0.15, -0.1) is 0 Å². The maximum atomic E-state index is 12.9. The molecule has 0 spiro atoms. The molecule has 2 aromatic rings. The highest BCUT2D eigenvalue weighted by Gasteiger charge is 2.33. The van der Waals surface area contributed by atoms with Gasteiger partial charge in [0.05, 0.1) is 25.8 Å². The topological polar surface area (TPSA) is 61.8 Å². The van der Waals surface area contributed by atoms with Crippen LogP contribution in [0.5, 0.6) is 5.75 Å². The number of nitrogens with zero attached hydrogens (tertiary/aromatic N) is 1. The highest BCUT2D eigenvalue weighted by Crippen LogP contribution is 2.38. The predicted molar refractivity (Wildman–Crippen MR) is 101 cm³/mol. The van der Waals surface area contributed by atoms with E-state index in [2.05, 4.69) is 23.5 Å². The fourth-order valence-electron chi connectivity index (χ4n) is 3.58. The number of fused-ring (bicyclic) bond motifs is 1. The van der Waals surface area contributed by atoms with Crippen LogP contribution >= 0.6 is 0 Å². The third kappa shape index (κ3) is 3.89. The van der Waals surface area contributed by atoms with Crippen LogP contribution in [0.4, 0.5) is 0 Å². The number of rotatable bonds is 6. The zero-order chi connectivity index (χ0) is 18.5. The predicted octanol–water partition coefficient (Wildman–Crippen LogP) is 2.14. The fraction of sp³-hybridized carbons (Fsp3) is 0.381. The lowest BCUT2D eigenvalue weighted by Crippen LogP contribution is -2.45. The minimum Gasteiger partial charge on any atom is -0.496 e. The van der Waals surface area contributed by atoms with Crippen LogP contribution in [0.2, 0.25) is 0 Å². The summed E-state index contributed by atoms with van der Waals surface area (Å²) in [6.07, 6.45) is 0.296. The summed E-state index contributed by atoms with van der Waals surface area (Å²) >= 11 is 0. The Labute approximate surface area is 154 Å². The molecule has 0 radical (unpaired) electrons. The Balaban J connectivity index is 1.93. The van der Waals surface area contributed by atoms with Gasteiger partial charge < -0.3 is 20.1 Å². The number of aliphatic hydroxyl groups excluding tert-OH is 1. The number of carbonyl (C=O) groups is 1. The molecule has 0 aliphatic carbocycles. The largest absolute Gasteiger partial charge is 0.496 e. The monoisotopic (exact) mass is 354 g/mol. The van der Waals surface area contributed by atoms with Gasteiger partial charge in [-0.05, 0) is 30.5 Å². The Morgan fingerprint density at radius 3 is 2.73 bits per heavy atom. The Hall–Kier alpha value is -2.37. The van der Waals surface area contributed by atoms with Crippen LogP contribution in [0.3, 0.4) is 0 Å². The summed E-state index contributed by atoms with van der Waals surface area (Å²) in [5.41, 5.74) is 3.38. The quantitative estimate of drug-likeness (QED) is 0.834. The Kier molecular flexibility index (Phi) is 5.91. The van der Waals surface area contributed by atoms with E-state index in [1.165, 1.54) is 5.56 Å². The van der Waals surface area contributed by atoms with E-state index in [-0.39, 0.29) is 18.5 Å². The van der Waals surface area contributed by atoms with Gasteiger partial charge in [0.25, 0.3) is 0 Å².